The molecule has 2 rings (SSSR count). The summed E-state index contributed by atoms with van der Waals surface area (Å²) in [5.74, 6) is 1.64. The number of aryl methyl sites for hydroxylation is 1. The van der Waals surface area contributed by atoms with E-state index in [9.17, 15) is 4.79 Å². The summed E-state index contributed by atoms with van der Waals surface area (Å²) in [6.45, 7) is 9.29. The highest BCUT2D eigenvalue weighted by Crippen LogP contribution is 2.31. The van der Waals surface area contributed by atoms with Crippen LogP contribution in [0.5, 0.6) is 0 Å². The van der Waals surface area contributed by atoms with Crippen LogP contribution in [0.2, 0.25) is 0 Å². The molecule has 0 N–H and O–H groups in total. The highest BCUT2D eigenvalue weighted by atomic mass is 35.5. The first-order chi connectivity index (χ1) is 9.40. The van der Waals surface area contributed by atoms with Gasteiger partial charge in [0.2, 0.25) is 0 Å². The number of alkyl halides is 1. The molecule has 1 aliphatic carbocycles. The van der Waals surface area contributed by atoms with Crippen molar-refractivity contribution in [2.24, 2.45) is 11.8 Å². The average molecular weight is 296 g/mol. The van der Waals surface area contributed by atoms with Crippen LogP contribution < -0.4 is 0 Å². The number of aromatic nitrogens is 1. The normalized spacial score (nSPS) is 24.6. The van der Waals surface area contributed by atoms with Crippen molar-refractivity contribution < 1.29 is 4.79 Å². The lowest BCUT2D eigenvalue weighted by Gasteiger charge is -2.28. The number of rotatable bonds is 4. The Morgan fingerprint density at radius 3 is 2.75 bits per heavy atom. The van der Waals surface area contributed by atoms with Gasteiger partial charge in [-0.1, -0.05) is 19.8 Å². The average Bonchev–Trinajstić information content (AvgIpc) is 2.66. The van der Waals surface area contributed by atoms with Gasteiger partial charge in [0.15, 0.2) is 5.78 Å². The van der Waals surface area contributed by atoms with E-state index in [1.807, 2.05) is 13.0 Å². The van der Waals surface area contributed by atoms with Crippen LogP contribution in [0, 0.1) is 25.7 Å². The Balaban J connectivity index is 2.18. The summed E-state index contributed by atoms with van der Waals surface area (Å²) < 4.78 is 2.31. The summed E-state index contributed by atoms with van der Waals surface area (Å²) in [4.78, 5) is 12.1. The van der Waals surface area contributed by atoms with Crippen LogP contribution in [-0.2, 0) is 6.54 Å². The van der Waals surface area contributed by atoms with Gasteiger partial charge in [-0.2, -0.15) is 0 Å². The number of carbonyl (C=O) groups is 1. The molecule has 0 bridgehead atoms. The summed E-state index contributed by atoms with van der Waals surface area (Å²) in [6, 6.07) is 2.00. The molecule has 1 aromatic rings. The van der Waals surface area contributed by atoms with Crippen LogP contribution in [0.3, 0.4) is 0 Å². The van der Waals surface area contributed by atoms with Gasteiger partial charge in [-0.15, -0.1) is 11.6 Å². The van der Waals surface area contributed by atoms with Crippen LogP contribution >= 0.6 is 11.6 Å². The molecule has 2 nitrogen and oxygen atoms in total. The zero-order chi connectivity index (χ0) is 14.9. The van der Waals surface area contributed by atoms with Crippen molar-refractivity contribution in [2.75, 3.05) is 0 Å². The molecule has 112 valence electrons. The molecule has 1 aliphatic rings. The molecule has 0 radical (unpaired) electrons. The van der Waals surface area contributed by atoms with E-state index in [0.717, 1.165) is 29.6 Å². The first-order valence-corrected chi connectivity index (χ1v) is 8.18. The fraction of sp³-hybridized carbons (Fsp3) is 0.706. The largest absolute Gasteiger partial charge is 0.348 e. The molecule has 3 heteroatoms. The van der Waals surface area contributed by atoms with Crippen molar-refractivity contribution in [3.8, 4) is 0 Å². The van der Waals surface area contributed by atoms with Crippen LogP contribution in [0.25, 0.3) is 0 Å². The minimum atomic E-state index is -0.446. The van der Waals surface area contributed by atoms with Gasteiger partial charge < -0.3 is 4.57 Å². The third-order valence-electron chi connectivity index (χ3n) is 4.69. The number of ketones is 1. The smallest absolute Gasteiger partial charge is 0.182 e. The van der Waals surface area contributed by atoms with Gasteiger partial charge in [0.25, 0.3) is 0 Å². The molecule has 3 atom stereocenters. The van der Waals surface area contributed by atoms with Crippen LogP contribution in [0.1, 0.15) is 61.3 Å². The number of Topliss-reactive ketones (excluding diaryl/α,β-unsaturated/α-hetero) is 1. The predicted octanol–water partition coefficient (Wildman–Crippen LogP) is 4.74. The second-order valence-electron chi connectivity index (χ2n) is 6.51. The van der Waals surface area contributed by atoms with Gasteiger partial charge in [-0.25, -0.2) is 0 Å². The summed E-state index contributed by atoms with van der Waals surface area (Å²) in [6.07, 6.45) is 5.34. The zero-order valence-corrected chi connectivity index (χ0v) is 13.8. The summed E-state index contributed by atoms with van der Waals surface area (Å²) in [5, 5.41) is -0.446. The molecule has 3 unspecified atom stereocenters. The van der Waals surface area contributed by atoms with E-state index in [0.29, 0.717) is 0 Å². The van der Waals surface area contributed by atoms with Gasteiger partial charge in [0.05, 0.1) is 5.38 Å². The first-order valence-electron chi connectivity index (χ1n) is 7.75. The maximum atomic E-state index is 12.1. The summed E-state index contributed by atoms with van der Waals surface area (Å²) in [5.41, 5.74) is 3.06. The summed E-state index contributed by atoms with van der Waals surface area (Å²) >= 11 is 5.95. The first kappa shape index (κ1) is 15.6. The Bertz CT molecular complexity index is 489. The van der Waals surface area contributed by atoms with Crippen molar-refractivity contribution in [3.63, 3.8) is 0 Å². The van der Waals surface area contributed by atoms with E-state index < -0.39 is 5.38 Å². The molecular weight excluding hydrogens is 270 g/mol. The topological polar surface area (TPSA) is 22.0 Å². The Morgan fingerprint density at radius 1 is 1.45 bits per heavy atom. The second kappa shape index (κ2) is 6.34. The quantitative estimate of drug-likeness (QED) is 0.581. The lowest BCUT2D eigenvalue weighted by atomic mass is 9.82. The molecule has 0 amide bonds. The molecule has 0 aromatic carbocycles. The van der Waals surface area contributed by atoms with Gasteiger partial charge in [-0.3, -0.25) is 4.79 Å². The predicted molar refractivity (Wildman–Crippen MR) is 84.7 cm³/mol. The van der Waals surface area contributed by atoms with Crippen molar-refractivity contribution in [1.29, 1.82) is 0 Å². The monoisotopic (exact) mass is 295 g/mol. The Labute approximate surface area is 127 Å². The second-order valence-corrected chi connectivity index (χ2v) is 7.17. The Hall–Kier alpha value is -0.760. The van der Waals surface area contributed by atoms with Crippen molar-refractivity contribution in [1.82, 2.24) is 4.57 Å². The van der Waals surface area contributed by atoms with E-state index in [2.05, 4.69) is 18.4 Å². The minimum absolute atomic E-state index is 0.0445. The number of hydrogen-bond donors (Lipinski definition) is 0. The van der Waals surface area contributed by atoms with Crippen LogP contribution in [-0.4, -0.2) is 15.7 Å². The van der Waals surface area contributed by atoms with E-state index in [1.165, 1.54) is 31.4 Å². The van der Waals surface area contributed by atoms with E-state index in [1.54, 1.807) is 6.92 Å². The minimum Gasteiger partial charge on any atom is -0.348 e. The number of carbonyl (C=O) groups excluding carboxylic acids is 1. The number of halogens is 1. The summed E-state index contributed by atoms with van der Waals surface area (Å²) in [7, 11) is 0. The molecule has 0 saturated heterocycles. The maximum Gasteiger partial charge on any atom is 0.182 e. The van der Waals surface area contributed by atoms with Crippen molar-refractivity contribution >= 4 is 17.4 Å². The lowest BCUT2D eigenvalue weighted by Crippen LogP contribution is -2.20. The maximum absolute atomic E-state index is 12.1. The third-order valence-corrected chi connectivity index (χ3v) is 4.88. The lowest BCUT2D eigenvalue weighted by molar-refractivity contribution is 0.0991. The Morgan fingerprint density at radius 2 is 2.15 bits per heavy atom. The van der Waals surface area contributed by atoms with E-state index in [4.69, 9.17) is 11.6 Å². The highest BCUT2D eigenvalue weighted by molar-refractivity contribution is 6.33. The van der Waals surface area contributed by atoms with Crippen LogP contribution in [0.4, 0.5) is 0 Å². The van der Waals surface area contributed by atoms with Gasteiger partial charge >= 0.3 is 0 Å². The highest BCUT2D eigenvalue weighted by Gasteiger charge is 2.23. The molecule has 0 aliphatic heterocycles. The van der Waals surface area contributed by atoms with Crippen LogP contribution in [0.15, 0.2) is 6.07 Å². The van der Waals surface area contributed by atoms with E-state index in [-0.39, 0.29) is 5.78 Å². The van der Waals surface area contributed by atoms with Gasteiger partial charge in [0.1, 0.15) is 0 Å². The number of nitrogens with zero attached hydrogens (tertiary/aromatic N) is 1. The Kier molecular flexibility index (Phi) is 4.95. The molecule has 1 heterocycles. The number of hydrogen-bond acceptors (Lipinski definition) is 1. The van der Waals surface area contributed by atoms with E-state index >= 15 is 0 Å². The van der Waals surface area contributed by atoms with Crippen molar-refractivity contribution in [2.45, 2.75) is 65.3 Å². The molecular formula is C17H26ClNO. The molecule has 20 heavy (non-hydrogen) atoms. The molecule has 1 fully saturated rings. The zero-order valence-electron chi connectivity index (χ0n) is 13.1. The fourth-order valence-corrected chi connectivity index (χ4v) is 3.65. The third kappa shape index (κ3) is 3.28. The molecule has 1 aromatic heterocycles. The van der Waals surface area contributed by atoms with Gasteiger partial charge in [0, 0.05) is 23.5 Å². The SMILES string of the molecule is Cc1cc(C(=O)C(C)Cl)c(C)n1CC1CCCC(C)C1. The molecule has 0 spiro atoms. The van der Waals surface area contributed by atoms with Crippen molar-refractivity contribution in [3.05, 3.63) is 23.0 Å². The standard InChI is InChI=1S/C17H26ClNO/c1-11-6-5-7-15(8-11)10-19-12(2)9-16(14(19)4)17(20)13(3)18/h9,11,13,15H,5-8,10H2,1-4H3. The molecule has 1 saturated carbocycles. The fourth-order valence-electron chi connectivity index (χ4n) is 3.53. The van der Waals surface area contributed by atoms with Gasteiger partial charge in [-0.05, 0) is 51.5 Å².